The number of nitrogens with zero attached hydrogens (tertiary/aromatic N) is 1. The van der Waals surface area contributed by atoms with E-state index in [9.17, 15) is 9.59 Å². The molecule has 4 rings (SSSR count). The van der Waals surface area contributed by atoms with Gasteiger partial charge >= 0.3 is 0 Å². The lowest BCUT2D eigenvalue weighted by Crippen LogP contribution is -2.53. The van der Waals surface area contributed by atoms with Crippen LogP contribution in [-0.4, -0.2) is 49.6 Å². The van der Waals surface area contributed by atoms with Gasteiger partial charge in [-0.2, -0.15) is 0 Å². The summed E-state index contributed by atoms with van der Waals surface area (Å²) in [4.78, 5) is 29.4. The molecule has 1 saturated carbocycles. The highest BCUT2D eigenvalue weighted by Crippen LogP contribution is 2.29. The van der Waals surface area contributed by atoms with Crippen LogP contribution in [0.3, 0.4) is 0 Å². The van der Waals surface area contributed by atoms with Gasteiger partial charge in [-0.15, -0.1) is 0 Å². The Morgan fingerprint density at radius 1 is 0.878 bits per heavy atom. The number of carbonyl (C=O) groups excluding carboxylic acids is 2. The molecule has 1 fully saturated rings. The van der Waals surface area contributed by atoms with Gasteiger partial charge in [-0.25, -0.2) is 0 Å². The molecule has 0 saturated heterocycles. The number of amides is 2. The Balaban J connectivity index is 1.66. The lowest BCUT2D eigenvalue weighted by Gasteiger charge is -2.33. The Morgan fingerprint density at radius 2 is 1.49 bits per heavy atom. The molecule has 1 aliphatic carbocycles. The summed E-state index contributed by atoms with van der Waals surface area (Å²) in [6.45, 7) is -0.280. The van der Waals surface area contributed by atoms with Gasteiger partial charge in [0.15, 0.2) is 6.61 Å². The Morgan fingerprint density at radius 3 is 2.10 bits per heavy atom. The average Bonchev–Trinajstić information content (AvgIpc) is 2.99. The zero-order valence-electron chi connectivity index (χ0n) is 23.4. The fourth-order valence-corrected chi connectivity index (χ4v) is 5.56. The third kappa shape index (κ3) is 8.54. The van der Waals surface area contributed by atoms with Gasteiger partial charge in [0, 0.05) is 52.8 Å². The maximum Gasteiger partial charge on any atom is 0.261 e. The zero-order valence-corrected chi connectivity index (χ0v) is 24.9. The van der Waals surface area contributed by atoms with Crippen molar-refractivity contribution in [2.24, 2.45) is 0 Å². The molecule has 0 heterocycles. The minimum Gasteiger partial charge on any atom is -0.496 e. The van der Waals surface area contributed by atoms with Crippen molar-refractivity contribution in [2.45, 2.75) is 57.2 Å². The van der Waals surface area contributed by atoms with Gasteiger partial charge in [-0.05, 0) is 30.5 Å². The SMILES string of the molecule is COc1cc(OC)cc(OCC(=O)N(Cc2c(Cl)cccc2Cl)C(Cc2ccccc2)C(=O)NC2CCCCC2)c1. The van der Waals surface area contributed by atoms with Crippen LogP contribution in [0.2, 0.25) is 10.0 Å². The van der Waals surface area contributed by atoms with Crippen LogP contribution in [0.15, 0.2) is 66.7 Å². The molecule has 1 aliphatic rings. The lowest BCUT2D eigenvalue weighted by atomic mass is 9.94. The summed E-state index contributed by atoms with van der Waals surface area (Å²) in [6, 6.07) is 19.2. The molecule has 0 aromatic heterocycles. The molecule has 1 unspecified atom stereocenters. The van der Waals surface area contributed by atoms with Crippen molar-refractivity contribution < 1.29 is 23.8 Å². The van der Waals surface area contributed by atoms with Crippen LogP contribution < -0.4 is 19.5 Å². The average molecular weight is 600 g/mol. The van der Waals surface area contributed by atoms with E-state index in [-0.39, 0.29) is 31.0 Å². The highest BCUT2D eigenvalue weighted by Gasteiger charge is 2.33. The zero-order chi connectivity index (χ0) is 29.2. The molecule has 0 bridgehead atoms. The first-order valence-corrected chi connectivity index (χ1v) is 14.6. The van der Waals surface area contributed by atoms with Gasteiger partial charge < -0.3 is 24.4 Å². The first-order chi connectivity index (χ1) is 19.9. The number of hydrogen-bond donors (Lipinski definition) is 1. The van der Waals surface area contributed by atoms with Crippen molar-refractivity contribution in [1.82, 2.24) is 10.2 Å². The second-order valence-corrected chi connectivity index (χ2v) is 10.9. The van der Waals surface area contributed by atoms with E-state index in [0.717, 1.165) is 31.2 Å². The monoisotopic (exact) mass is 598 g/mol. The van der Waals surface area contributed by atoms with Gasteiger partial charge in [-0.3, -0.25) is 9.59 Å². The maximum atomic E-state index is 14.0. The molecule has 0 radical (unpaired) electrons. The summed E-state index contributed by atoms with van der Waals surface area (Å²) in [7, 11) is 3.08. The topological polar surface area (TPSA) is 77.1 Å². The molecule has 2 amide bonds. The summed E-state index contributed by atoms with van der Waals surface area (Å²) in [6.07, 6.45) is 5.49. The van der Waals surface area contributed by atoms with Crippen LogP contribution in [-0.2, 0) is 22.6 Å². The van der Waals surface area contributed by atoms with Crippen molar-refractivity contribution in [3.05, 3.63) is 87.9 Å². The summed E-state index contributed by atoms with van der Waals surface area (Å²) < 4.78 is 16.6. The van der Waals surface area contributed by atoms with E-state index in [0.29, 0.717) is 39.3 Å². The molecule has 1 N–H and O–H groups in total. The predicted octanol–water partition coefficient (Wildman–Crippen LogP) is 6.48. The quantitative estimate of drug-likeness (QED) is 0.258. The van der Waals surface area contributed by atoms with Crippen LogP contribution in [0, 0.1) is 0 Å². The number of ether oxygens (including phenoxy) is 3. The second kappa shape index (κ2) is 15.0. The molecule has 41 heavy (non-hydrogen) atoms. The van der Waals surface area contributed by atoms with Crippen LogP contribution in [0.4, 0.5) is 0 Å². The largest absolute Gasteiger partial charge is 0.496 e. The highest BCUT2D eigenvalue weighted by molar-refractivity contribution is 6.36. The van der Waals surface area contributed by atoms with E-state index in [2.05, 4.69) is 5.32 Å². The Hall–Kier alpha value is -3.42. The Labute approximate surface area is 251 Å². The maximum absolute atomic E-state index is 14.0. The third-order valence-corrected chi connectivity index (χ3v) is 8.01. The summed E-state index contributed by atoms with van der Waals surface area (Å²) in [5.74, 6) is 0.861. The van der Waals surface area contributed by atoms with Gasteiger partial charge in [0.05, 0.1) is 14.2 Å². The van der Waals surface area contributed by atoms with Crippen molar-refractivity contribution in [1.29, 1.82) is 0 Å². The van der Waals surface area contributed by atoms with Crippen molar-refractivity contribution in [2.75, 3.05) is 20.8 Å². The molecule has 9 heteroatoms. The molecule has 0 aliphatic heterocycles. The number of rotatable bonds is 12. The molecule has 7 nitrogen and oxygen atoms in total. The van der Waals surface area contributed by atoms with Crippen LogP contribution in [0.5, 0.6) is 17.2 Å². The molecule has 3 aromatic rings. The van der Waals surface area contributed by atoms with E-state index < -0.39 is 6.04 Å². The van der Waals surface area contributed by atoms with E-state index in [1.54, 1.807) is 36.4 Å². The van der Waals surface area contributed by atoms with Gasteiger partial charge in [0.25, 0.3) is 5.91 Å². The van der Waals surface area contributed by atoms with Crippen molar-refractivity contribution in [3.63, 3.8) is 0 Å². The summed E-state index contributed by atoms with van der Waals surface area (Å²) in [5, 5.41) is 4.05. The van der Waals surface area contributed by atoms with Crippen molar-refractivity contribution >= 4 is 35.0 Å². The minimum atomic E-state index is -0.817. The molecule has 218 valence electrons. The van der Waals surface area contributed by atoms with Crippen LogP contribution in [0.25, 0.3) is 0 Å². The lowest BCUT2D eigenvalue weighted by molar-refractivity contribution is -0.143. The normalized spacial score (nSPS) is 14.1. The smallest absolute Gasteiger partial charge is 0.261 e. The molecule has 1 atom stereocenters. The third-order valence-electron chi connectivity index (χ3n) is 7.30. The number of halogens is 2. The van der Waals surface area contributed by atoms with Crippen molar-refractivity contribution in [3.8, 4) is 17.2 Å². The number of methoxy groups -OCH3 is 2. The minimum absolute atomic E-state index is 0.0394. The predicted molar refractivity (Wildman–Crippen MR) is 161 cm³/mol. The first-order valence-electron chi connectivity index (χ1n) is 13.8. The van der Waals surface area contributed by atoms with Crippen LogP contribution in [0.1, 0.15) is 43.2 Å². The Bertz CT molecular complexity index is 1270. The molecule has 0 spiro atoms. The van der Waals surface area contributed by atoms with Gasteiger partial charge in [-0.1, -0.05) is 78.9 Å². The van der Waals surface area contributed by atoms with Gasteiger partial charge in [0.2, 0.25) is 5.91 Å². The van der Waals surface area contributed by atoms with E-state index >= 15 is 0 Å². The van der Waals surface area contributed by atoms with E-state index in [1.165, 1.54) is 25.5 Å². The molecular formula is C32H36Cl2N2O5. The fourth-order valence-electron chi connectivity index (χ4n) is 5.04. The molecule has 3 aromatic carbocycles. The highest BCUT2D eigenvalue weighted by atomic mass is 35.5. The second-order valence-electron chi connectivity index (χ2n) is 10.1. The summed E-state index contributed by atoms with van der Waals surface area (Å²) in [5.41, 5.74) is 1.49. The van der Waals surface area contributed by atoms with E-state index in [1.807, 2.05) is 30.3 Å². The van der Waals surface area contributed by atoms with Gasteiger partial charge in [0.1, 0.15) is 23.3 Å². The number of hydrogen-bond acceptors (Lipinski definition) is 5. The van der Waals surface area contributed by atoms with Crippen LogP contribution >= 0.6 is 23.2 Å². The summed E-state index contributed by atoms with van der Waals surface area (Å²) >= 11 is 13.1. The Kier molecular flexibility index (Phi) is 11.2. The number of carbonyl (C=O) groups is 2. The molecular weight excluding hydrogens is 563 g/mol. The number of nitrogens with one attached hydrogen (secondary N) is 1. The first kappa shape index (κ1) is 30.5. The fraction of sp³-hybridized carbons (Fsp3) is 0.375. The van der Waals surface area contributed by atoms with E-state index in [4.69, 9.17) is 37.4 Å². The standard InChI is InChI=1S/C32H36Cl2N2O5/c1-39-24-17-25(40-2)19-26(18-24)41-21-31(37)36(20-27-28(33)14-9-15-29(27)34)30(16-22-10-5-3-6-11-22)32(38)35-23-12-7-4-8-13-23/h3,5-6,9-11,14-15,17-19,23,30H,4,7-8,12-13,16,20-21H2,1-2H3,(H,35,38). The number of benzene rings is 3.